The maximum Gasteiger partial charge on any atom is 0.258 e. The first-order chi connectivity index (χ1) is 13.1. The zero-order valence-corrected chi connectivity index (χ0v) is 15.4. The summed E-state index contributed by atoms with van der Waals surface area (Å²) in [5.41, 5.74) is 1.68. The van der Waals surface area contributed by atoms with E-state index in [0.29, 0.717) is 18.7 Å². The number of fused-ring (bicyclic) bond motifs is 1. The Bertz CT molecular complexity index is 952. The van der Waals surface area contributed by atoms with Gasteiger partial charge in [-0.15, -0.1) is 0 Å². The van der Waals surface area contributed by atoms with Crippen molar-refractivity contribution in [2.45, 2.75) is 26.1 Å². The number of para-hydroxylation sites is 1. The third kappa shape index (κ3) is 3.05. The van der Waals surface area contributed by atoms with Crippen molar-refractivity contribution in [2.75, 3.05) is 11.9 Å². The van der Waals surface area contributed by atoms with Gasteiger partial charge in [-0.1, -0.05) is 24.3 Å². The number of anilines is 1. The first-order valence-corrected chi connectivity index (χ1v) is 9.06. The Morgan fingerprint density at radius 3 is 2.74 bits per heavy atom. The molecule has 1 atom stereocenters. The highest BCUT2D eigenvalue weighted by atomic mass is 16.5. The van der Waals surface area contributed by atoms with E-state index >= 15 is 0 Å². The van der Waals surface area contributed by atoms with Crippen LogP contribution < -0.4 is 10.1 Å². The smallest absolute Gasteiger partial charge is 0.258 e. The van der Waals surface area contributed by atoms with Gasteiger partial charge >= 0.3 is 0 Å². The highest BCUT2D eigenvalue weighted by Gasteiger charge is 2.43. The summed E-state index contributed by atoms with van der Waals surface area (Å²) in [4.78, 5) is 15.2. The van der Waals surface area contributed by atoms with E-state index in [4.69, 9.17) is 9.15 Å². The van der Waals surface area contributed by atoms with Gasteiger partial charge in [-0.2, -0.15) is 0 Å². The van der Waals surface area contributed by atoms with E-state index in [9.17, 15) is 4.79 Å². The second-order valence-corrected chi connectivity index (χ2v) is 6.67. The molecule has 1 N–H and O–H groups in total. The van der Waals surface area contributed by atoms with Gasteiger partial charge in [-0.3, -0.25) is 4.79 Å². The molecular formula is C22H22N2O3. The number of hydrogen-bond acceptors (Lipinski definition) is 4. The zero-order valence-electron chi connectivity index (χ0n) is 15.4. The number of rotatable bonds is 5. The second-order valence-electron chi connectivity index (χ2n) is 6.67. The fourth-order valence-electron chi connectivity index (χ4n) is 3.53. The minimum atomic E-state index is -0.745. The van der Waals surface area contributed by atoms with E-state index in [1.165, 1.54) is 0 Å². The van der Waals surface area contributed by atoms with Gasteiger partial charge in [0.25, 0.3) is 5.91 Å². The molecule has 1 aromatic heterocycles. The summed E-state index contributed by atoms with van der Waals surface area (Å²) >= 11 is 0. The van der Waals surface area contributed by atoms with Gasteiger partial charge in [0.15, 0.2) is 0 Å². The van der Waals surface area contributed by atoms with Gasteiger partial charge in [0.05, 0.1) is 25.0 Å². The molecule has 5 nitrogen and oxygen atoms in total. The Morgan fingerprint density at radius 2 is 1.96 bits per heavy atom. The fourth-order valence-corrected chi connectivity index (χ4v) is 3.53. The van der Waals surface area contributed by atoms with Crippen LogP contribution in [-0.2, 0) is 12.2 Å². The molecule has 1 aliphatic heterocycles. The molecule has 0 fully saturated rings. The van der Waals surface area contributed by atoms with Crippen LogP contribution in [0.25, 0.3) is 0 Å². The number of carbonyl (C=O) groups excluding carboxylic acids is 1. The van der Waals surface area contributed by atoms with Gasteiger partial charge < -0.3 is 19.4 Å². The largest absolute Gasteiger partial charge is 0.494 e. The molecule has 0 aliphatic carbocycles. The second kappa shape index (κ2) is 6.83. The van der Waals surface area contributed by atoms with Gasteiger partial charge in [0.1, 0.15) is 17.2 Å². The molecule has 0 spiro atoms. The van der Waals surface area contributed by atoms with Crippen LogP contribution in [0.1, 0.15) is 35.5 Å². The van der Waals surface area contributed by atoms with Crippen LogP contribution in [0.4, 0.5) is 5.69 Å². The lowest BCUT2D eigenvalue weighted by Crippen LogP contribution is -2.55. The molecule has 5 heteroatoms. The van der Waals surface area contributed by atoms with Crippen molar-refractivity contribution in [3.8, 4) is 5.75 Å². The quantitative estimate of drug-likeness (QED) is 0.720. The number of nitrogens with one attached hydrogen (secondary N) is 1. The number of hydrogen-bond donors (Lipinski definition) is 1. The minimum absolute atomic E-state index is 0.0370. The van der Waals surface area contributed by atoms with Gasteiger partial charge in [-0.25, -0.2) is 0 Å². The molecule has 2 aromatic carbocycles. The minimum Gasteiger partial charge on any atom is -0.494 e. The molecule has 1 amide bonds. The number of benzene rings is 2. The third-order valence-corrected chi connectivity index (χ3v) is 4.92. The molecular weight excluding hydrogens is 340 g/mol. The van der Waals surface area contributed by atoms with Gasteiger partial charge in [-0.05, 0) is 50.2 Å². The van der Waals surface area contributed by atoms with Crippen LogP contribution in [-0.4, -0.2) is 17.4 Å². The number of amides is 1. The van der Waals surface area contributed by atoms with Crippen molar-refractivity contribution in [1.29, 1.82) is 0 Å². The lowest BCUT2D eigenvalue weighted by Gasteiger charge is -2.46. The first kappa shape index (κ1) is 17.2. The predicted octanol–water partition coefficient (Wildman–Crippen LogP) is 4.62. The highest BCUT2D eigenvalue weighted by molar-refractivity contribution is 6.02. The Morgan fingerprint density at radius 1 is 1.11 bits per heavy atom. The molecule has 0 radical (unpaired) electrons. The van der Waals surface area contributed by atoms with E-state index in [1.54, 1.807) is 11.2 Å². The molecule has 3 aromatic rings. The monoisotopic (exact) mass is 362 g/mol. The number of furan rings is 1. The van der Waals surface area contributed by atoms with Crippen LogP contribution in [0, 0.1) is 0 Å². The molecule has 2 heterocycles. The lowest BCUT2D eigenvalue weighted by atomic mass is 9.93. The van der Waals surface area contributed by atoms with E-state index in [1.807, 2.05) is 74.5 Å². The summed E-state index contributed by atoms with van der Waals surface area (Å²) in [5, 5.41) is 3.56. The molecule has 4 rings (SSSR count). The average Bonchev–Trinajstić information content (AvgIpc) is 3.19. The van der Waals surface area contributed by atoms with Crippen LogP contribution in [0.3, 0.4) is 0 Å². The standard InChI is InChI=1S/C22H22N2O3/c1-3-26-17-9-6-8-16(14-17)22(2)23-20-12-5-4-11-19(20)21(25)24(22)15-18-10-7-13-27-18/h4-14,23H,3,15H2,1-2H3. The van der Waals surface area contributed by atoms with Crippen LogP contribution in [0.2, 0.25) is 0 Å². The van der Waals surface area contributed by atoms with Crippen LogP contribution >= 0.6 is 0 Å². The van der Waals surface area contributed by atoms with Crippen LogP contribution in [0.5, 0.6) is 5.75 Å². The van der Waals surface area contributed by atoms with Crippen molar-refractivity contribution >= 4 is 11.6 Å². The van der Waals surface area contributed by atoms with Crippen LogP contribution in [0.15, 0.2) is 71.3 Å². The Balaban J connectivity index is 1.81. The Kier molecular flexibility index (Phi) is 4.36. The number of carbonyl (C=O) groups is 1. The van der Waals surface area contributed by atoms with Gasteiger partial charge in [0, 0.05) is 11.3 Å². The Labute approximate surface area is 158 Å². The topological polar surface area (TPSA) is 54.7 Å². The van der Waals surface area contributed by atoms with Crippen molar-refractivity contribution in [3.63, 3.8) is 0 Å². The normalized spacial score (nSPS) is 18.7. The maximum absolute atomic E-state index is 13.4. The summed E-state index contributed by atoms with van der Waals surface area (Å²) in [5.74, 6) is 1.48. The average molecular weight is 362 g/mol. The van der Waals surface area contributed by atoms with Crippen molar-refractivity contribution in [1.82, 2.24) is 4.90 Å². The summed E-state index contributed by atoms with van der Waals surface area (Å²) in [6.45, 7) is 4.92. The van der Waals surface area contributed by atoms with Gasteiger partial charge in [0.2, 0.25) is 0 Å². The van der Waals surface area contributed by atoms with E-state index in [2.05, 4.69) is 5.32 Å². The fraction of sp³-hybridized carbons (Fsp3) is 0.227. The molecule has 0 saturated heterocycles. The zero-order chi connectivity index (χ0) is 18.9. The molecule has 1 aliphatic rings. The third-order valence-electron chi connectivity index (χ3n) is 4.92. The van der Waals surface area contributed by atoms with Crippen molar-refractivity contribution in [2.24, 2.45) is 0 Å². The summed E-state index contributed by atoms with van der Waals surface area (Å²) < 4.78 is 11.2. The van der Waals surface area contributed by atoms with Crippen molar-refractivity contribution < 1.29 is 13.9 Å². The predicted molar refractivity (Wildman–Crippen MR) is 104 cm³/mol. The van der Waals surface area contributed by atoms with Crippen molar-refractivity contribution in [3.05, 3.63) is 83.8 Å². The van der Waals surface area contributed by atoms with E-state index in [0.717, 1.165) is 22.8 Å². The summed E-state index contributed by atoms with van der Waals surface area (Å²) in [6.07, 6.45) is 1.62. The first-order valence-electron chi connectivity index (χ1n) is 9.06. The SMILES string of the molecule is CCOc1cccc(C2(C)Nc3ccccc3C(=O)N2Cc2ccco2)c1. The maximum atomic E-state index is 13.4. The molecule has 27 heavy (non-hydrogen) atoms. The Hall–Kier alpha value is -3.21. The molecule has 0 bridgehead atoms. The molecule has 1 unspecified atom stereocenters. The van der Waals surface area contributed by atoms with E-state index < -0.39 is 5.66 Å². The number of nitrogens with zero attached hydrogens (tertiary/aromatic N) is 1. The summed E-state index contributed by atoms with van der Waals surface area (Å²) in [6, 6.07) is 19.1. The van der Waals surface area contributed by atoms with E-state index in [-0.39, 0.29) is 5.91 Å². The summed E-state index contributed by atoms with van der Waals surface area (Å²) in [7, 11) is 0. The molecule has 138 valence electrons. The molecule has 0 saturated carbocycles. The lowest BCUT2D eigenvalue weighted by molar-refractivity contribution is 0.0486. The highest BCUT2D eigenvalue weighted by Crippen LogP contribution is 2.39. The number of ether oxygens (including phenoxy) is 1.